The highest BCUT2D eigenvalue weighted by Gasteiger charge is 2.24. The molecule has 4 heterocycles. The number of thiophene rings is 1. The first-order valence-corrected chi connectivity index (χ1v) is 17.3. The Labute approximate surface area is 282 Å². The van der Waals surface area contributed by atoms with Gasteiger partial charge < -0.3 is 4.42 Å². The smallest absolute Gasteiger partial charge is 0.235 e. The molecule has 0 aliphatic carbocycles. The van der Waals surface area contributed by atoms with E-state index in [1.54, 1.807) is 0 Å². The molecule has 0 N–H and O–H groups in total. The average Bonchev–Trinajstić information content (AvgIpc) is 3.83. The largest absolute Gasteiger partial charge is 0.456 e. The van der Waals surface area contributed by atoms with Crippen LogP contribution >= 0.6 is 11.3 Å². The Morgan fingerprint density at radius 3 is 1.98 bits per heavy atom. The maximum absolute atomic E-state index is 6.57. The van der Waals surface area contributed by atoms with Crippen molar-refractivity contribution in [2.45, 2.75) is 0 Å². The van der Waals surface area contributed by atoms with Gasteiger partial charge in [-0.15, -0.1) is 11.3 Å². The molecule has 12 rings (SSSR count). The minimum absolute atomic E-state index is 0.656. The lowest BCUT2D eigenvalue weighted by Gasteiger charge is -2.12. The Morgan fingerprint density at radius 2 is 1.10 bits per heavy atom. The van der Waals surface area contributed by atoms with E-state index in [2.05, 4.69) is 144 Å². The number of rotatable bonds is 2. The Balaban J connectivity index is 1.28. The van der Waals surface area contributed by atoms with Crippen LogP contribution in [0, 0.1) is 0 Å². The van der Waals surface area contributed by atoms with Crippen LogP contribution in [0.25, 0.3) is 114 Å². The molecule has 0 amide bonds. The zero-order valence-corrected chi connectivity index (χ0v) is 26.8. The Bertz CT molecular complexity index is 3350. The van der Waals surface area contributed by atoms with Gasteiger partial charge in [0.05, 0.1) is 22.2 Å². The molecular weight excluding hydrogens is 619 g/mol. The van der Waals surface area contributed by atoms with Crippen LogP contribution < -0.4 is 0 Å². The SMILES string of the molecule is c1ccc2c(-c3cccc4c3sc3ccccc34)nc(-n3c4cccc5c6ccccc6c6cccc7oc8ccc3c(c8c76)c54)nc2c1. The van der Waals surface area contributed by atoms with Gasteiger partial charge in [0.1, 0.15) is 11.2 Å². The second kappa shape index (κ2) is 9.19. The van der Waals surface area contributed by atoms with E-state index in [-0.39, 0.29) is 0 Å². The summed E-state index contributed by atoms with van der Waals surface area (Å²) in [5, 5.41) is 13.0. The van der Waals surface area contributed by atoms with Gasteiger partial charge in [0.25, 0.3) is 0 Å². The van der Waals surface area contributed by atoms with Crippen molar-refractivity contribution < 1.29 is 4.42 Å². The maximum Gasteiger partial charge on any atom is 0.235 e. The summed E-state index contributed by atoms with van der Waals surface area (Å²) < 4.78 is 11.4. The molecule has 0 spiro atoms. The summed E-state index contributed by atoms with van der Waals surface area (Å²) in [6.07, 6.45) is 0. The first-order chi connectivity index (χ1) is 24.3. The number of furan rings is 1. The van der Waals surface area contributed by atoms with Crippen LogP contribution in [0.2, 0.25) is 0 Å². The minimum Gasteiger partial charge on any atom is -0.456 e. The number of benzene rings is 7. The van der Waals surface area contributed by atoms with Crippen molar-refractivity contribution in [2.75, 3.05) is 0 Å². The van der Waals surface area contributed by atoms with Gasteiger partial charge in [-0.3, -0.25) is 4.57 Å². The van der Waals surface area contributed by atoms with E-state index < -0.39 is 0 Å². The summed E-state index contributed by atoms with van der Waals surface area (Å²) in [6.45, 7) is 0. The summed E-state index contributed by atoms with van der Waals surface area (Å²) in [7, 11) is 0. The highest BCUT2D eigenvalue weighted by Crippen LogP contribution is 2.47. The summed E-state index contributed by atoms with van der Waals surface area (Å²) in [5.74, 6) is 0.656. The molecule has 8 aromatic carbocycles. The molecule has 0 radical (unpaired) electrons. The van der Waals surface area contributed by atoms with Crippen molar-refractivity contribution in [1.82, 2.24) is 14.5 Å². The summed E-state index contributed by atoms with van der Waals surface area (Å²) >= 11 is 1.83. The maximum atomic E-state index is 6.57. The predicted molar refractivity (Wildman–Crippen MR) is 206 cm³/mol. The van der Waals surface area contributed by atoms with E-state index in [4.69, 9.17) is 14.4 Å². The molecule has 0 aliphatic rings. The summed E-state index contributed by atoms with van der Waals surface area (Å²) in [4.78, 5) is 10.8. The zero-order chi connectivity index (χ0) is 31.8. The lowest BCUT2D eigenvalue weighted by atomic mass is 9.95. The number of hydrogen-bond acceptors (Lipinski definition) is 4. The van der Waals surface area contributed by atoms with Gasteiger partial charge in [0, 0.05) is 52.7 Å². The van der Waals surface area contributed by atoms with Gasteiger partial charge in [-0.1, -0.05) is 103 Å². The quantitative estimate of drug-likeness (QED) is 0.189. The highest BCUT2D eigenvalue weighted by molar-refractivity contribution is 7.26. The third-order valence-corrected chi connectivity index (χ3v) is 11.6. The van der Waals surface area contributed by atoms with E-state index in [0.29, 0.717) is 5.95 Å². The fraction of sp³-hybridized carbons (Fsp3) is 0. The monoisotopic (exact) mass is 641 g/mol. The van der Waals surface area contributed by atoms with Crippen molar-refractivity contribution in [3.63, 3.8) is 0 Å². The second-order valence-electron chi connectivity index (χ2n) is 12.9. The standard InChI is InChI=1S/C44H23N3OS/c1-2-11-25-24(10-1)27-14-8-19-33-38(27)40-34(22-23-36-41(40)39-28(25)15-9-20-35(39)48-36)47(33)44-45-32-18-5-3-13-30(32)42(46-44)31-17-7-16-29-26-12-4-6-21-37(26)49-43(29)31/h1-23H. The van der Waals surface area contributed by atoms with E-state index in [0.717, 1.165) is 55.1 Å². The van der Waals surface area contributed by atoms with E-state index in [1.165, 1.54) is 52.5 Å². The van der Waals surface area contributed by atoms with Gasteiger partial charge in [-0.25, -0.2) is 9.97 Å². The zero-order valence-electron chi connectivity index (χ0n) is 25.9. The van der Waals surface area contributed by atoms with Crippen LogP contribution in [0.1, 0.15) is 0 Å². The van der Waals surface area contributed by atoms with E-state index in [1.807, 2.05) is 11.3 Å². The van der Waals surface area contributed by atoms with Crippen LogP contribution in [0.15, 0.2) is 144 Å². The van der Waals surface area contributed by atoms with E-state index >= 15 is 0 Å². The van der Waals surface area contributed by atoms with Crippen molar-refractivity contribution >= 4 is 108 Å². The Kier molecular flexibility index (Phi) is 4.83. The molecule has 0 aliphatic heterocycles. The number of hydrogen-bond donors (Lipinski definition) is 0. The second-order valence-corrected chi connectivity index (χ2v) is 13.9. The average molecular weight is 642 g/mol. The van der Waals surface area contributed by atoms with Crippen LogP contribution in [0.4, 0.5) is 0 Å². The van der Waals surface area contributed by atoms with Gasteiger partial charge in [-0.05, 0) is 57.9 Å². The summed E-state index contributed by atoms with van der Waals surface area (Å²) in [6, 6.07) is 49.7. The molecule has 0 fully saturated rings. The van der Waals surface area contributed by atoms with Gasteiger partial charge in [0.2, 0.25) is 5.95 Å². The molecule has 0 saturated heterocycles. The van der Waals surface area contributed by atoms with Crippen molar-refractivity contribution in [3.05, 3.63) is 140 Å². The minimum atomic E-state index is 0.656. The molecule has 0 unspecified atom stereocenters. The van der Waals surface area contributed by atoms with Crippen molar-refractivity contribution in [2.24, 2.45) is 0 Å². The van der Waals surface area contributed by atoms with Crippen LogP contribution in [0.5, 0.6) is 0 Å². The molecule has 0 saturated carbocycles. The number of nitrogens with zero attached hydrogens (tertiary/aromatic N) is 3. The topological polar surface area (TPSA) is 43.9 Å². The lowest BCUT2D eigenvalue weighted by Crippen LogP contribution is -2.03. The fourth-order valence-corrected chi connectivity index (χ4v) is 9.59. The Morgan fingerprint density at radius 1 is 0.449 bits per heavy atom. The highest BCUT2D eigenvalue weighted by atomic mass is 32.1. The first-order valence-electron chi connectivity index (χ1n) is 16.5. The number of fused-ring (bicyclic) bond motifs is 7. The molecule has 4 nitrogen and oxygen atoms in total. The predicted octanol–water partition coefficient (Wildman–Crippen LogP) is 12.4. The molecule has 226 valence electrons. The lowest BCUT2D eigenvalue weighted by molar-refractivity contribution is 0.669. The summed E-state index contributed by atoms with van der Waals surface area (Å²) in [5.41, 5.74) is 6.91. The van der Waals surface area contributed by atoms with Crippen molar-refractivity contribution in [3.8, 4) is 17.2 Å². The molecule has 0 atom stereocenters. The fourth-order valence-electron chi connectivity index (χ4n) is 8.38. The normalized spacial score (nSPS) is 12.5. The molecule has 5 heteroatoms. The number of aromatic nitrogens is 3. The molecule has 0 bridgehead atoms. The Hall–Kier alpha value is -6.30. The van der Waals surface area contributed by atoms with Gasteiger partial charge >= 0.3 is 0 Å². The first kappa shape index (κ1) is 25.7. The van der Waals surface area contributed by atoms with Crippen LogP contribution in [-0.4, -0.2) is 14.5 Å². The third-order valence-electron chi connectivity index (χ3n) is 10.4. The third kappa shape index (κ3) is 3.27. The van der Waals surface area contributed by atoms with Crippen LogP contribution in [0.3, 0.4) is 0 Å². The molecule has 49 heavy (non-hydrogen) atoms. The molecule has 4 aromatic heterocycles. The van der Waals surface area contributed by atoms with E-state index in [9.17, 15) is 0 Å². The van der Waals surface area contributed by atoms with Gasteiger partial charge in [0.15, 0.2) is 0 Å². The molecular formula is C44H23N3OS. The molecule has 12 aromatic rings. The van der Waals surface area contributed by atoms with Crippen LogP contribution in [-0.2, 0) is 0 Å². The van der Waals surface area contributed by atoms with Gasteiger partial charge in [-0.2, -0.15) is 0 Å². The van der Waals surface area contributed by atoms with Crippen molar-refractivity contribution in [1.29, 1.82) is 0 Å². The number of para-hydroxylation sites is 1.